The van der Waals surface area contributed by atoms with Gasteiger partial charge in [0.1, 0.15) is 11.3 Å². The molecule has 0 saturated heterocycles. The first-order chi connectivity index (χ1) is 12.8. The molecule has 0 amide bonds. The molecule has 0 saturated carbocycles. The lowest BCUT2D eigenvalue weighted by molar-refractivity contribution is 0.0731. The number of sulfone groups is 1. The second kappa shape index (κ2) is 6.06. The highest BCUT2D eigenvalue weighted by Crippen LogP contribution is 2.22. The van der Waals surface area contributed by atoms with Crippen molar-refractivity contribution in [1.82, 2.24) is 9.38 Å². The van der Waals surface area contributed by atoms with Crippen molar-refractivity contribution in [2.24, 2.45) is 0 Å². The molecule has 136 valence electrons. The molecule has 4 rings (SSSR count). The molecule has 0 fully saturated rings. The van der Waals surface area contributed by atoms with Crippen LogP contribution in [0.1, 0.15) is 10.5 Å². The molecule has 0 unspecified atom stereocenters. The van der Waals surface area contributed by atoms with Crippen LogP contribution in [0.15, 0.2) is 69.1 Å². The first-order valence-corrected chi connectivity index (χ1v) is 9.65. The van der Waals surface area contributed by atoms with Gasteiger partial charge in [0.25, 0.3) is 0 Å². The average molecular weight is 384 g/mol. The van der Waals surface area contributed by atoms with Gasteiger partial charge in [0.2, 0.25) is 15.0 Å². The zero-order valence-corrected chi connectivity index (χ0v) is 14.8. The molecule has 3 aromatic heterocycles. The fourth-order valence-electron chi connectivity index (χ4n) is 2.68. The maximum Gasteiger partial charge on any atom is 0.364 e. The highest BCUT2D eigenvalue weighted by molar-refractivity contribution is 7.90. The Morgan fingerprint density at radius 1 is 1.15 bits per heavy atom. The van der Waals surface area contributed by atoms with Crippen molar-refractivity contribution in [3.05, 3.63) is 70.8 Å². The molecular weight excluding hydrogens is 372 g/mol. The molecule has 0 aliphatic rings. The van der Waals surface area contributed by atoms with Crippen LogP contribution in [0.2, 0.25) is 0 Å². The summed E-state index contributed by atoms with van der Waals surface area (Å²) in [6.45, 7) is 0. The first kappa shape index (κ1) is 17.0. The Kier molecular flexibility index (Phi) is 3.81. The Morgan fingerprint density at radius 2 is 1.93 bits per heavy atom. The van der Waals surface area contributed by atoms with Crippen LogP contribution in [-0.2, 0) is 9.84 Å². The number of hydrogen-bond donors (Lipinski definition) is 0. The molecule has 0 atom stereocenters. The molecule has 0 radical (unpaired) electrons. The van der Waals surface area contributed by atoms with Gasteiger partial charge in [0.05, 0.1) is 5.52 Å². The number of pyridine rings is 1. The van der Waals surface area contributed by atoms with Crippen molar-refractivity contribution >= 4 is 32.3 Å². The van der Waals surface area contributed by atoms with Gasteiger partial charge in [-0.25, -0.2) is 23.0 Å². The predicted molar refractivity (Wildman–Crippen MR) is 95.7 cm³/mol. The summed E-state index contributed by atoms with van der Waals surface area (Å²) >= 11 is 0. The highest BCUT2D eigenvalue weighted by atomic mass is 32.2. The van der Waals surface area contributed by atoms with E-state index in [9.17, 15) is 18.0 Å². The summed E-state index contributed by atoms with van der Waals surface area (Å²) in [6, 6.07) is 12.3. The Labute approximate surface area is 152 Å². The Balaban J connectivity index is 1.77. The molecule has 0 bridgehead atoms. The maximum atomic E-state index is 12.6. The topological polar surface area (TPSA) is 108 Å². The first-order valence-electron chi connectivity index (χ1n) is 7.76. The summed E-state index contributed by atoms with van der Waals surface area (Å²) in [5.41, 5.74) is -0.0935. The van der Waals surface area contributed by atoms with Crippen molar-refractivity contribution in [2.75, 3.05) is 6.26 Å². The number of carbonyl (C=O) groups excluding carboxylic acids is 1. The van der Waals surface area contributed by atoms with Gasteiger partial charge in [-0.15, -0.1) is 0 Å². The third-order valence-corrected chi connectivity index (χ3v) is 4.80. The molecular formula is C18H12N2O6S. The maximum absolute atomic E-state index is 12.6. The van der Waals surface area contributed by atoms with Crippen molar-refractivity contribution in [3.63, 3.8) is 0 Å². The Bertz CT molecular complexity index is 1370. The number of nitrogens with zero attached hydrogens (tertiary/aromatic N) is 2. The van der Waals surface area contributed by atoms with Crippen LogP contribution in [0.4, 0.5) is 0 Å². The van der Waals surface area contributed by atoms with E-state index >= 15 is 0 Å². The Hall–Kier alpha value is -3.46. The lowest BCUT2D eigenvalue weighted by atomic mass is 10.2. The second-order valence-corrected chi connectivity index (χ2v) is 7.72. The van der Waals surface area contributed by atoms with Gasteiger partial charge in [0.15, 0.2) is 5.69 Å². The van der Waals surface area contributed by atoms with Crippen LogP contribution in [0.25, 0.3) is 16.5 Å². The highest BCUT2D eigenvalue weighted by Gasteiger charge is 2.24. The number of imidazole rings is 1. The average Bonchev–Trinajstić information content (AvgIpc) is 3.01. The van der Waals surface area contributed by atoms with E-state index in [0.29, 0.717) is 10.9 Å². The molecule has 0 spiro atoms. The standard InChI is InChI=1S/C18H12N2O6S/c1-27(23,24)18-19-16(13-4-2-3-9-20(13)18)17(22)25-12-7-5-11-6-8-15(21)26-14(11)10-12/h2-10H,1H3. The minimum absolute atomic E-state index is 0.134. The van der Waals surface area contributed by atoms with Gasteiger partial charge >= 0.3 is 11.6 Å². The summed E-state index contributed by atoms with van der Waals surface area (Å²) < 4.78 is 35.6. The van der Waals surface area contributed by atoms with Gasteiger partial charge in [-0.2, -0.15) is 0 Å². The predicted octanol–water partition coefficient (Wildman–Crippen LogP) is 2.06. The summed E-state index contributed by atoms with van der Waals surface area (Å²) in [5, 5.41) is 0.413. The largest absolute Gasteiger partial charge is 0.423 e. The van der Waals surface area contributed by atoms with E-state index < -0.39 is 21.4 Å². The lowest BCUT2D eigenvalue weighted by Crippen LogP contribution is -2.10. The van der Waals surface area contributed by atoms with Gasteiger partial charge in [0, 0.05) is 30.0 Å². The fourth-order valence-corrected chi connectivity index (χ4v) is 3.45. The van der Waals surface area contributed by atoms with Gasteiger partial charge in [-0.05, 0) is 30.3 Å². The number of hydrogen-bond acceptors (Lipinski definition) is 7. The monoisotopic (exact) mass is 384 g/mol. The summed E-state index contributed by atoms with van der Waals surface area (Å²) in [6.07, 6.45) is 2.51. The van der Waals surface area contributed by atoms with Crippen LogP contribution in [0.5, 0.6) is 5.75 Å². The molecule has 0 aliphatic heterocycles. The molecule has 3 heterocycles. The van der Waals surface area contributed by atoms with Gasteiger partial charge in [-0.1, -0.05) is 6.07 Å². The van der Waals surface area contributed by atoms with Crippen molar-refractivity contribution < 1.29 is 22.4 Å². The zero-order chi connectivity index (χ0) is 19.2. The lowest BCUT2D eigenvalue weighted by Gasteiger charge is -2.04. The van der Waals surface area contributed by atoms with Gasteiger partial charge in [-0.3, -0.25) is 4.40 Å². The van der Waals surface area contributed by atoms with Gasteiger partial charge < -0.3 is 9.15 Å². The molecule has 0 aliphatic carbocycles. The van der Waals surface area contributed by atoms with Crippen LogP contribution in [0.3, 0.4) is 0 Å². The zero-order valence-electron chi connectivity index (χ0n) is 13.9. The smallest absolute Gasteiger partial charge is 0.364 e. The molecule has 27 heavy (non-hydrogen) atoms. The van der Waals surface area contributed by atoms with E-state index in [1.165, 1.54) is 28.8 Å². The van der Waals surface area contributed by atoms with Crippen molar-refractivity contribution in [3.8, 4) is 5.75 Å². The number of fused-ring (bicyclic) bond motifs is 2. The minimum Gasteiger partial charge on any atom is -0.423 e. The second-order valence-electron chi connectivity index (χ2n) is 5.81. The van der Waals surface area contributed by atoms with E-state index in [2.05, 4.69) is 4.98 Å². The van der Waals surface area contributed by atoms with Crippen LogP contribution >= 0.6 is 0 Å². The summed E-state index contributed by atoms with van der Waals surface area (Å²) in [7, 11) is -3.65. The third-order valence-electron chi connectivity index (χ3n) is 3.85. The molecule has 1 aromatic carbocycles. The molecule has 4 aromatic rings. The fraction of sp³-hybridized carbons (Fsp3) is 0.0556. The number of benzene rings is 1. The number of esters is 1. The molecule has 9 heteroatoms. The van der Waals surface area contributed by atoms with Crippen LogP contribution < -0.4 is 10.4 Å². The normalized spacial score (nSPS) is 11.7. The van der Waals surface area contributed by atoms with Crippen LogP contribution in [0, 0.1) is 0 Å². The third kappa shape index (κ3) is 3.08. The number of aromatic nitrogens is 2. The number of carbonyl (C=O) groups is 1. The summed E-state index contributed by atoms with van der Waals surface area (Å²) in [4.78, 5) is 27.9. The SMILES string of the molecule is CS(=O)(=O)c1nc(C(=O)Oc2ccc3ccc(=O)oc3c2)c2ccccn12. The van der Waals surface area contributed by atoms with E-state index in [1.807, 2.05) is 0 Å². The van der Waals surface area contributed by atoms with E-state index in [-0.39, 0.29) is 22.2 Å². The summed E-state index contributed by atoms with van der Waals surface area (Å²) in [5.74, 6) is -0.689. The quantitative estimate of drug-likeness (QED) is 0.302. The number of ether oxygens (including phenoxy) is 1. The Morgan fingerprint density at radius 3 is 2.70 bits per heavy atom. The minimum atomic E-state index is -3.65. The van der Waals surface area contributed by atoms with E-state index in [0.717, 1.165) is 6.26 Å². The van der Waals surface area contributed by atoms with Crippen LogP contribution in [-0.4, -0.2) is 30.0 Å². The van der Waals surface area contributed by atoms with E-state index in [1.54, 1.807) is 30.3 Å². The molecule has 0 N–H and O–H groups in total. The number of rotatable bonds is 3. The van der Waals surface area contributed by atoms with Crippen molar-refractivity contribution in [1.29, 1.82) is 0 Å². The van der Waals surface area contributed by atoms with Crippen molar-refractivity contribution in [2.45, 2.75) is 5.16 Å². The van der Waals surface area contributed by atoms with E-state index in [4.69, 9.17) is 9.15 Å². The molecule has 8 nitrogen and oxygen atoms in total.